The second-order valence-electron chi connectivity index (χ2n) is 3.94. The van der Waals surface area contributed by atoms with E-state index in [0.717, 1.165) is 0 Å². The Morgan fingerprint density at radius 3 is 2.29 bits per heavy atom. The first-order valence-electron chi connectivity index (χ1n) is 4.23. The molecule has 6 N–H and O–H groups in total. The summed E-state index contributed by atoms with van der Waals surface area (Å²) in [7, 11) is 0. The second-order valence-corrected chi connectivity index (χ2v) is 3.94. The molecule has 0 aliphatic heterocycles. The van der Waals surface area contributed by atoms with Crippen LogP contribution in [0.4, 0.5) is 0 Å². The minimum Gasteiger partial charge on any atom is -0.481 e. The number of carboxylic acid groups (broad SMARTS) is 2. The molecule has 14 heavy (non-hydrogen) atoms. The first-order valence-corrected chi connectivity index (χ1v) is 4.23. The Kier molecular flexibility index (Phi) is 2.29. The highest BCUT2D eigenvalue weighted by atomic mass is 16.4. The predicted molar refractivity (Wildman–Crippen MR) is 45.5 cm³/mol. The van der Waals surface area contributed by atoms with Gasteiger partial charge in [0.05, 0.1) is 5.92 Å². The molecule has 0 radical (unpaired) electrons. The van der Waals surface area contributed by atoms with Gasteiger partial charge in [-0.25, -0.2) is 0 Å². The maximum Gasteiger partial charge on any atom is 0.324 e. The Hall–Kier alpha value is -1.14. The summed E-state index contributed by atoms with van der Waals surface area (Å²) in [5.74, 6) is -2.84. The summed E-state index contributed by atoms with van der Waals surface area (Å²) in [5, 5.41) is 17.6. The lowest BCUT2D eigenvalue weighted by atomic mass is 9.92. The highest BCUT2D eigenvalue weighted by molar-refractivity contribution is 5.85. The lowest BCUT2D eigenvalue weighted by molar-refractivity contribution is -0.145. The summed E-state index contributed by atoms with van der Waals surface area (Å²) in [6.45, 7) is 0. The van der Waals surface area contributed by atoms with Crippen LogP contribution in [0.3, 0.4) is 0 Å². The molecule has 6 heteroatoms. The third-order valence-corrected chi connectivity index (χ3v) is 3.34. The van der Waals surface area contributed by atoms with Crippen molar-refractivity contribution in [3.63, 3.8) is 0 Å². The Bertz CT molecular complexity index is 291. The molecule has 2 rings (SSSR count). The third-order valence-electron chi connectivity index (χ3n) is 3.34. The number of nitrogens with two attached hydrogens (primary N) is 1. The molecule has 0 spiro atoms. The molecule has 0 aromatic carbocycles. The molecule has 0 aromatic heterocycles. The van der Waals surface area contributed by atoms with Crippen molar-refractivity contribution in [3.8, 4) is 0 Å². The molecular weight excluding hydrogens is 190 g/mol. The van der Waals surface area contributed by atoms with Gasteiger partial charge in [0.25, 0.3) is 0 Å². The third kappa shape index (κ3) is 1.11. The summed E-state index contributed by atoms with van der Waals surface area (Å²) in [4.78, 5) is 21.4. The van der Waals surface area contributed by atoms with E-state index < -0.39 is 23.4 Å². The average Bonchev–Trinajstić information content (AvgIpc) is 2.66. The Morgan fingerprint density at radius 1 is 1.36 bits per heavy atom. The van der Waals surface area contributed by atoms with Crippen LogP contribution in [0, 0.1) is 17.8 Å². The average molecular weight is 203 g/mol. The molecular formula is C8H13NO5. The smallest absolute Gasteiger partial charge is 0.324 e. The van der Waals surface area contributed by atoms with Crippen molar-refractivity contribution in [1.29, 1.82) is 0 Å². The van der Waals surface area contributed by atoms with Crippen LogP contribution in [0.1, 0.15) is 12.8 Å². The van der Waals surface area contributed by atoms with Crippen LogP contribution in [0.25, 0.3) is 0 Å². The van der Waals surface area contributed by atoms with Gasteiger partial charge in [-0.3, -0.25) is 9.59 Å². The van der Waals surface area contributed by atoms with Gasteiger partial charge in [0.15, 0.2) is 0 Å². The minimum atomic E-state index is -1.28. The SMILES string of the molecule is NC1(C(=O)O)CCC2C(C(=O)O)C21.O. The highest BCUT2D eigenvalue weighted by Gasteiger charge is 2.69. The van der Waals surface area contributed by atoms with Crippen LogP contribution in [0.5, 0.6) is 0 Å². The number of carbonyl (C=O) groups is 2. The van der Waals surface area contributed by atoms with Crippen LogP contribution in [-0.2, 0) is 9.59 Å². The van der Waals surface area contributed by atoms with Gasteiger partial charge in [0.1, 0.15) is 5.54 Å². The van der Waals surface area contributed by atoms with Gasteiger partial charge in [0.2, 0.25) is 0 Å². The van der Waals surface area contributed by atoms with E-state index in [2.05, 4.69) is 0 Å². The zero-order valence-electron chi connectivity index (χ0n) is 7.43. The molecule has 4 unspecified atom stereocenters. The fourth-order valence-corrected chi connectivity index (χ4v) is 2.59. The van der Waals surface area contributed by atoms with Crippen molar-refractivity contribution < 1.29 is 25.3 Å². The number of fused-ring (bicyclic) bond motifs is 1. The van der Waals surface area contributed by atoms with Gasteiger partial charge in [-0.15, -0.1) is 0 Å². The van der Waals surface area contributed by atoms with Gasteiger partial charge in [0, 0.05) is 5.92 Å². The van der Waals surface area contributed by atoms with E-state index in [1.54, 1.807) is 0 Å². The molecule has 2 aliphatic carbocycles. The van der Waals surface area contributed by atoms with Crippen molar-refractivity contribution in [2.45, 2.75) is 18.4 Å². The van der Waals surface area contributed by atoms with E-state index >= 15 is 0 Å². The molecule has 2 fully saturated rings. The van der Waals surface area contributed by atoms with Crippen molar-refractivity contribution in [2.75, 3.05) is 0 Å². The number of aliphatic carboxylic acids is 2. The van der Waals surface area contributed by atoms with Gasteiger partial charge in [-0.05, 0) is 18.8 Å². The zero-order valence-corrected chi connectivity index (χ0v) is 7.43. The van der Waals surface area contributed by atoms with Crippen LogP contribution in [-0.4, -0.2) is 33.2 Å². The first-order chi connectivity index (χ1) is 5.98. The quantitative estimate of drug-likeness (QED) is 0.512. The maximum atomic E-state index is 10.8. The summed E-state index contributed by atoms with van der Waals surface area (Å²) in [6.07, 6.45) is 1.03. The Labute approximate surface area is 80.0 Å². The van der Waals surface area contributed by atoms with Crippen LogP contribution in [0.15, 0.2) is 0 Å². The molecule has 0 saturated heterocycles. The van der Waals surface area contributed by atoms with Gasteiger partial charge < -0.3 is 21.4 Å². The van der Waals surface area contributed by atoms with Crippen molar-refractivity contribution in [3.05, 3.63) is 0 Å². The van der Waals surface area contributed by atoms with Gasteiger partial charge in [-0.2, -0.15) is 0 Å². The molecule has 0 aromatic rings. The molecule has 2 saturated carbocycles. The topological polar surface area (TPSA) is 132 Å². The number of hydrogen-bond donors (Lipinski definition) is 3. The number of rotatable bonds is 2. The van der Waals surface area contributed by atoms with Crippen LogP contribution >= 0.6 is 0 Å². The summed E-state index contributed by atoms with van der Waals surface area (Å²) in [5.41, 5.74) is 4.37. The maximum absolute atomic E-state index is 10.8. The predicted octanol–water partition coefficient (Wildman–Crippen LogP) is -1.32. The first kappa shape index (κ1) is 10.9. The van der Waals surface area contributed by atoms with E-state index in [0.29, 0.717) is 12.8 Å². The van der Waals surface area contributed by atoms with Crippen molar-refractivity contribution in [1.82, 2.24) is 0 Å². The van der Waals surface area contributed by atoms with E-state index in [9.17, 15) is 9.59 Å². The normalized spacial score (nSPS) is 43.6. The van der Waals surface area contributed by atoms with Crippen LogP contribution < -0.4 is 5.73 Å². The van der Waals surface area contributed by atoms with Crippen LogP contribution in [0.2, 0.25) is 0 Å². The van der Waals surface area contributed by atoms with E-state index in [-0.39, 0.29) is 17.3 Å². The van der Waals surface area contributed by atoms with Gasteiger partial charge in [-0.1, -0.05) is 0 Å². The number of carboxylic acids is 2. The standard InChI is InChI=1S/C8H11NO4.H2O/c9-8(7(12)13)2-1-3-4(5(3)8)6(10)11;/h3-5H,1-2,9H2,(H,10,11)(H,12,13);1H2. The van der Waals surface area contributed by atoms with E-state index in [4.69, 9.17) is 15.9 Å². The van der Waals surface area contributed by atoms with Gasteiger partial charge >= 0.3 is 11.9 Å². The molecule has 2 aliphatic rings. The molecule has 4 atom stereocenters. The fraction of sp³-hybridized carbons (Fsp3) is 0.750. The molecule has 0 bridgehead atoms. The summed E-state index contributed by atoms with van der Waals surface area (Å²) < 4.78 is 0. The van der Waals surface area contributed by atoms with Crippen molar-refractivity contribution in [2.24, 2.45) is 23.5 Å². The monoisotopic (exact) mass is 203 g/mol. The number of hydrogen-bond acceptors (Lipinski definition) is 3. The largest absolute Gasteiger partial charge is 0.481 e. The second kappa shape index (κ2) is 2.93. The van der Waals surface area contributed by atoms with Crippen molar-refractivity contribution >= 4 is 11.9 Å². The Balaban J connectivity index is 0.000000980. The summed E-state index contributed by atoms with van der Waals surface area (Å²) >= 11 is 0. The lowest BCUT2D eigenvalue weighted by Gasteiger charge is -2.20. The lowest BCUT2D eigenvalue weighted by Crippen LogP contribution is -2.49. The molecule has 6 nitrogen and oxygen atoms in total. The zero-order chi connectivity index (χ0) is 9.80. The van der Waals surface area contributed by atoms with E-state index in [1.165, 1.54) is 0 Å². The minimum absolute atomic E-state index is 0. The molecule has 0 heterocycles. The highest BCUT2D eigenvalue weighted by Crippen LogP contribution is 2.61. The summed E-state index contributed by atoms with van der Waals surface area (Å²) in [6, 6.07) is 0. The fourth-order valence-electron chi connectivity index (χ4n) is 2.59. The molecule has 80 valence electrons. The molecule has 0 amide bonds. The Morgan fingerprint density at radius 2 is 1.93 bits per heavy atom. The van der Waals surface area contributed by atoms with E-state index in [1.807, 2.05) is 0 Å².